The summed E-state index contributed by atoms with van der Waals surface area (Å²) >= 11 is 0. The number of furan rings is 1. The quantitative estimate of drug-likeness (QED) is 0.165. The smallest absolute Gasteiger partial charge is 0.120 e. The van der Waals surface area contributed by atoms with E-state index in [-0.39, 0.29) is 20.1 Å². The third-order valence-corrected chi connectivity index (χ3v) is 7.61. The van der Waals surface area contributed by atoms with E-state index in [1.807, 2.05) is 67.0 Å². The van der Waals surface area contributed by atoms with E-state index in [4.69, 9.17) is 4.42 Å². The van der Waals surface area contributed by atoms with Crippen molar-refractivity contribution in [2.75, 3.05) is 0 Å². The number of hydrogen-bond donors (Lipinski definition) is 0. The minimum atomic E-state index is 0. The number of aromatic nitrogens is 2. The zero-order valence-corrected chi connectivity index (χ0v) is 26.8. The molecule has 0 spiro atoms. The molecule has 0 aliphatic heterocycles. The first-order chi connectivity index (χ1) is 20.6. The standard InChI is InChI=1S/C20H16NO.C19H16N.Ir/c1-13(2)14-10-11-21-18(12-14)17-8-5-7-16-15-6-3-4-9-19(15)22-20(16)17;1-15(16-8-4-2-5-9-16)18-12-13-20-19(14-18)17-10-6-3-7-11-17;/h3-7,9-13H,1-2H3;2-10,12-15H,1H3;/q2*-1;. The van der Waals surface area contributed by atoms with Crippen molar-refractivity contribution in [2.24, 2.45) is 0 Å². The van der Waals surface area contributed by atoms with Crippen molar-refractivity contribution in [3.63, 3.8) is 0 Å². The molecule has 0 fully saturated rings. The van der Waals surface area contributed by atoms with Crippen LogP contribution in [-0.4, -0.2) is 9.97 Å². The number of pyridine rings is 2. The summed E-state index contributed by atoms with van der Waals surface area (Å²) in [4.78, 5) is 8.98. The molecule has 0 aliphatic rings. The third-order valence-electron chi connectivity index (χ3n) is 7.61. The second-order valence-electron chi connectivity index (χ2n) is 10.7. The number of benzene rings is 4. The van der Waals surface area contributed by atoms with Gasteiger partial charge in [-0.3, -0.25) is 0 Å². The number of hydrogen-bond acceptors (Lipinski definition) is 3. The molecule has 3 aromatic heterocycles. The zero-order chi connectivity index (χ0) is 28.9. The molecule has 1 atom stereocenters. The summed E-state index contributed by atoms with van der Waals surface area (Å²) in [6, 6.07) is 45.6. The molecule has 4 aromatic carbocycles. The molecular weight excluding hydrogens is 705 g/mol. The summed E-state index contributed by atoms with van der Waals surface area (Å²) in [6.07, 6.45) is 3.74. The molecular formula is C39H32IrN2O-2. The van der Waals surface area contributed by atoms with E-state index in [9.17, 15) is 0 Å². The van der Waals surface area contributed by atoms with E-state index < -0.39 is 0 Å². The fraction of sp³-hybridized carbons (Fsp3) is 0.128. The van der Waals surface area contributed by atoms with Crippen molar-refractivity contribution in [3.8, 4) is 22.5 Å². The fourth-order valence-electron chi connectivity index (χ4n) is 5.17. The summed E-state index contributed by atoms with van der Waals surface area (Å²) in [7, 11) is 0. The molecule has 1 unspecified atom stereocenters. The van der Waals surface area contributed by atoms with Gasteiger partial charge in [-0.2, -0.15) is 0 Å². The summed E-state index contributed by atoms with van der Waals surface area (Å²) in [5, 5.41) is 2.24. The minimum Gasteiger partial charge on any atom is -0.501 e. The maximum atomic E-state index is 6.07. The van der Waals surface area contributed by atoms with E-state index in [1.165, 1.54) is 16.7 Å². The number of fused-ring (bicyclic) bond motifs is 3. The zero-order valence-electron chi connectivity index (χ0n) is 24.4. The molecule has 43 heavy (non-hydrogen) atoms. The predicted molar refractivity (Wildman–Crippen MR) is 172 cm³/mol. The fourth-order valence-corrected chi connectivity index (χ4v) is 5.17. The van der Waals surface area contributed by atoms with Gasteiger partial charge < -0.3 is 14.4 Å². The third kappa shape index (κ3) is 6.67. The average Bonchev–Trinajstić information content (AvgIpc) is 3.45. The Balaban J connectivity index is 0.000000168. The van der Waals surface area contributed by atoms with Crippen molar-refractivity contribution >= 4 is 21.9 Å². The Morgan fingerprint density at radius 1 is 0.605 bits per heavy atom. The predicted octanol–water partition coefficient (Wildman–Crippen LogP) is 10.3. The normalized spacial score (nSPS) is 11.5. The van der Waals surface area contributed by atoms with Gasteiger partial charge in [-0.15, -0.1) is 54.1 Å². The summed E-state index contributed by atoms with van der Waals surface area (Å²) < 4.78 is 6.07. The van der Waals surface area contributed by atoms with Gasteiger partial charge in [0, 0.05) is 43.8 Å². The van der Waals surface area contributed by atoms with Crippen LogP contribution in [-0.2, 0) is 20.1 Å². The van der Waals surface area contributed by atoms with Gasteiger partial charge in [0.15, 0.2) is 0 Å². The molecule has 0 N–H and O–H groups in total. The molecule has 3 nitrogen and oxygen atoms in total. The Morgan fingerprint density at radius 2 is 1.30 bits per heavy atom. The molecule has 0 saturated heterocycles. The Bertz CT molecular complexity index is 1930. The number of rotatable bonds is 5. The van der Waals surface area contributed by atoms with Crippen LogP contribution in [0.25, 0.3) is 44.5 Å². The van der Waals surface area contributed by atoms with Gasteiger partial charge in [0.25, 0.3) is 0 Å². The Labute approximate surface area is 267 Å². The van der Waals surface area contributed by atoms with Crippen molar-refractivity contribution < 1.29 is 24.5 Å². The second kappa shape index (κ2) is 13.7. The minimum absolute atomic E-state index is 0. The van der Waals surface area contributed by atoms with Gasteiger partial charge in [-0.1, -0.05) is 97.9 Å². The van der Waals surface area contributed by atoms with Crippen LogP contribution in [0.2, 0.25) is 0 Å². The molecule has 1 radical (unpaired) electrons. The van der Waals surface area contributed by atoms with E-state index in [2.05, 4.69) is 104 Å². The van der Waals surface area contributed by atoms with Gasteiger partial charge in [0.2, 0.25) is 0 Å². The van der Waals surface area contributed by atoms with Crippen LogP contribution in [0.1, 0.15) is 49.3 Å². The average molecular weight is 737 g/mol. The molecule has 0 amide bonds. The summed E-state index contributed by atoms with van der Waals surface area (Å²) in [5.41, 5.74) is 9.48. The van der Waals surface area contributed by atoms with Crippen LogP contribution in [0.3, 0.4) is 0 Å². The van der Waals surface area contributed by atoms with Gasteiger partial charge in [0.1, 0.15) is 5.58 Å². The second-order valence-corrected chi connectivity index (χ2v) is 10.7. The Hall–Kier alpha value is -4.37. The summed E-state index contributed by atoms with van der Waals surface area (Å²) in [5.74, 6) is 0.832. The van der Waals surface area contributed by atoms with Gasteiger partial charge in [-0.25, -0.2) is 0 Å². The van der Waals surface area contributed by atoms with Crippen molar-refractivity contribution in [3.05, 3.63) is 156 Å². The molecule has 0 aliphatic carbocycles. The number of para-hydroxylation sites is 1. The SMILES string of the molecule is CC(C)c1ccnc(-c2[c-]ccc3c2oc2ccccc23)c1.CC(c1ccccc1)c1ccnc(-c2[c-]cccc2)c1.[Ir]. The molecule has 4 heteroatoms. The Morgan fingerprint density at radius 3 is 2.07 bits per heavy atom. The monoisotopic (exact) mass is 737 g/mol. The van der Waals surface area contributed by atoms with Crippen molar-refractivity contribution in [2.45, 2.75) is 32.6 Å². The van der Waals surface area contributed by atoms with E-state index in [0.717, 1.165) is 44.5 Å². The van der Waals surface area contributed by atoms with Crippen LogP contribution in [0, 0.1) is 12.1 Å². The molecule has 0 saturated carbocycles. The van der Waals surface area contributed by atoms with E-state index in [1.54, 1.807) is 0 Å². The first kappa shape index (κ1) is 30.1. The van der Waals surface area contributed by atoms with Crippen molar-refractivity contribution in [1.82, 2.24) is 9.97 Å². The molecule has 7 aromatic rings. The molecule has 0 bridgehead atoms. The molecule has 215 valence electrons. The van der Waals surface area contributed by atoms with Crippen molar-refractivity contribution in [1.29, 1.82) is 0 Å². The molecule has 3 heterocycles. The van der Waals surface area contributed by atoms with Crippen LogP contribution >= 0.6 is 0 Å². The van der Waals surface area contributed by atoms with Crippen LogP contribution in [0.15, 0.2) is 132 Å². The largest absolute Gasteiger partial charge is 0.501 e. The van der Waals surface area contributed by atoms with Crippen LogP contribution < -0.4 is 0 Å². The van der Waals surface area contributed by atoms with Gasteiger partial charge in [0.05, 0.1) is 5.58 Å². The first-order valence-electron chi connectivity index (χ1n) is 14.3. The Kier molecular flexibility index (Phi) is 9.61. The van der Waals surface area contributed by atoms with Crippen LogP contribution in [0.5, 0.6) is 0 Å². The van der Waals surface area contributed by atoms with Gasteiger partial charge >= 0.3 is 0 Å². The maximum absolute atomic E-state index is 6.07. The van der Waals surface area contributed by atoms with Gasteiger partial charge in [-0.05, 0) is 46.6 Å². The molecule has 7 rings (SSSR count). The topological polar surface area (TPSA) is 38.9 Å². The van der Waals surface area contributed by atoms with E-state index >= 15 is 0 Å². The van der Waals surface area contributed by atoms with E-state index in [0.29, 0.717) is 11.8 Å². The first-order valence-corrected chi connectivity index (χ1v) is 14.3. The summed E-state index contributed by atoms with van der Waals surface area (Å²) in [6.45, 7) is 6.60. The maximum Gasteiger partial charge on any atom is 0.120 e. The van der Waals surface area contributed by atoms with Crippen LogP contribution in [0.4, 0.5) is 0 Å². The number of nitrogens with zero attached hydrogens (tertiary/aromatic N) is 2.